The van der Waals surface area contributed by atoms with Crippen LogP contribution in [0.2, 0.25) is 0 Å². The summed E-state index contributed by atoms with van der Waals surface area (Å²) in [6.07, 6.45) is 4.32. The highest BCUT2D eigenvalue weighted by Gasteiger charge is 2.40. The van der Waals surface area contributed by atoms with Crippen molar-refractivity contribution in [2.45, 2.75) is 37.6 Å². The first-order chi connectivity index (χ1) is 10.9. The Morgan fingerprint density at radius 2 is 1.78 bits per heavy atom. The van der Waals surface area contributed by atoms with E-state index in [1.54, 1.807) is 24.3 Å². The Balaban J connectivity index is 1.96. The number of carbonyl (C=O) groups excluding carboxylic acids is 3. The molecule has 0 spiro atoms. The predicted octanol–water partition coefficient (Wildman–Crippen LogP) is 1.27. The standard InChI is InChI=1S/C17H21N3O3/c1-2-14(21)19-13-7-5-12(6-8-13)11-15(22)20-17(16(18)23)9-3-4-10-17/h2,5-8H,1,3-4,9-11H2,(H2,18,23)(H,19,21)(H,20,22). The predicted molar refractivity (Wildman–Crippen MR) is 87.5 cm³/mol. The molecular formula is C17H21N3O3. The minimum atomic E-state index is -0.894. The van der Waals surface area contributed by atoms with E-state index in [9.17, 15) is 14.4 Å². The zero-order valence-electron chi connectivity index (χ0n) is 12.9. The van der Waals surface area contributed by atoms with Crippen LogP contribution in [-0.4, -0.2) is 23.3 Å². The van der Waals surface area contributed by atoms with Crippen molar-refractivity contribution in [3.8, 4) is 0 Å². The van der Waals surface area contributed by atoms with E-state index in [1.807, 2.05) is 0 Å². The van der Waals surface area contributed by atoms with Gasteiger partial charge in [-0.15, -0.1) is 0 Å². The summed E-state index contributed by atoms with van der Waals surface area (Å²) in [5.41, 5.74) is 5.97. The molecule has 2 rings (SSSR count). The van der Waals surface area contributed by atoms with Crippen LogP contribution in [0.3, 0.4) is 0 Å². The number of primary amides is 1. The van der Waals surface area contributed by atoms with Crippen LogP contribution in [0.15, 0.2) is 36.9 Å². The molecule has 23 heavy (non-hydrogen) atoms. The van der Waals surface area contributed by atoms with Gasteiger partial charge in [0.05, 0.1) is 6.42 Å². The van der Waals surface area contributed by atoms with Crippen LogP contribution >= 0.6 is 0 Å². The second-order valence-electron chi connectivity index (χ2n) is 5.77. The van der Waals surface area contributed by atoms with E-state index in [1.165, 1.54) is 6.08 Å². The molecule has 0 aliphatic heterocycles. The lowest BCUT2D eigenvalue weighted by molar-refractivity contribution is -0.131. The second kappa shape index (κ2) is 7.09. The van der Waals surface area contributed by atoms with Gasteiger partial charge in [-0.2, -0.15) is 0 Å². The van der Waals surface area contributed by atoms with Crippen LogP contribution in [0.5, 0.6) is 0 Å². The molecule has 1 fully saturated rings. The molecule has 0 bridgehead atoms. The summed E-state index contributed by atoms with van der Waals surface area (Å²) < 4.78 is 0. The molecule has 1 aromatic rings. The van der Waals surface area contributed by atoms with Gasteiger partial charge in [0.1, 0.15) is 5.54 Å². The molecule has 1 aliphatic rings. The average Bonchev–Trinajstić information content (AvgIpc) is 2.99. The number of amides is 3. The summed E-state index contributed by atoms with van der Waals surface area (Å²) in [4.78, 5) is 35.0. The summed E-state index contributed by atoms with van der Waals surface area (Å²) in [5, 5.41) is 5.43. The van der Waals surface area contributed by atoms with Gasteiger partial charge in [0.2, 0.25) is 17.7 Å². The first kappa shape index (κ1) is 16.7. The first-order valence-corrected chi connectivity index (χ1v) is 7.58. The maximum atomic E-state index is 12.2. The molecule has 3 amide bonds. The quantitative estimate of drug-likeness (QED) is 0.689. The first-order valence-electron chi connectivity index (χ1n) is 7.58. The highest BCUT2D eigenvalue weighted by molar-refractivity contribution is 5.98. The van der Waals surface area contributed by atoms with Gasteiger partial charge in [0.25, 0.3) is 0 Å². The maximum Gasteiger partial charge on any atom is 0.247 e. The fraction of sp³-hybridized carbons (Fsp3) is 0.353. The van der Waals surface area contributed by atoms with E-state index in [0.717, 1.165) is 18.4 Å². The molecular weight excluding hydrogens is 294 g/mol. The fourth-order valence-corrected chi connectivity index (χ4v) is 2.81. The molecule has 0 saturated heterocycles. The third kappa shape index (κ3) is 4.18. The molecule has 1 saturated carbocycles. The molecule has 1 aromatic carbocycles. The number of anilines is 1. The third-order valence-electron chi connectivity index (χ3n) is 4.08. The molecule has 6 nitrogen and oxygen atoms in total. The van der Waals surface area contributed by atoms with Crippen molar-refractivity contribution in [3.05, 3.63) is 42.5 Å². The summed E-state index contributed by atoms with van der Waals surface area (Å²) >= 11 is 0. The number of nitrogens with one attached hydrogen (secondary N) is 2. The topological polar surface area (TPSA) is 101 Å². The van der Waals surface area contributed by atoms with E-state index < -0.39 is 11.4 Å². The summed E-state index contributed by atoms with van der Waals surface area (Å²) in [6.45, 7) is 3.38. The van der Waals surface area contributed by atoms with Crippen LogP contribution in [0.25, 0.3) is 0 Å². The smallest absolute Gasteiger partial charge is 0.247 e. The molecule has 0 aromatic heterocycles. The lowest BCUT2D eigenvalue weighted by Gasteiger charge is -2.26. The zero-order valence-corrected chi connectivity index (χ0v) is 12.9. The maximum absolute atomic E-state index is 12.2. The number of rotatable bonds is 6. The number of hydrogen-bond acceptors (Lipinski definition) is 3. The Morgan fingerprint density at radius 3 is 2.30 bits per heavy atom. The van der Waals surface area contributed by atoms with Crippen molar-refractivity contribution >= 4 is 23.4 Å². The van der Waals surface area contributed by atoms with Crippen molar-refractivity contribution in [1.82, 2.24) is 5.32 Å². The second-order valence-corrected chi connectivity index (χ2v) is 5.77. The Kier molecular flexibility index (Phi) is 5.16. The van der Waals surface area contributed by atoms with Crippen LogP contribution in [-0.2, 0) is 20.8 Å². The highest BCUT2D eigenvalue weighted by Crippen LogP contribution is 2.29. The monoisotopic (exact) mass is 315 g/mol. The van der Waals surface area contributed by atoms with Crippen molar-refractivity contribution < 1.29 is 14.4 Å². The van der Waals surface area contributed by atoms with Crippen LogP contribution in [0.4, 0.5) is 5.69 Å². The van der Waals surface area contributed by atoms with Crippen LogP contribution < -0.4 is 16.4 Å². The highest BCUT2D eigenvalue weighted by atomic mass is 16.2. The molecule has 0 heterocycles. The van der Waals surface area contributed by atoms with Crippen molar-refractivity contribution in [2.75, 3.05) is 5.32 Å². The summed E-state index contributed by atoms with van der Waals surface area (Å²) in [6, 6.07) is 6.93. The lowest BCUT2D eigenvalue weighted by atomic mass is 9.96. The van der Waals surface area contributed by atoms with Gasteiger partial charge in [-0.25, -0.2) is 0 Å². The normalized spacial score (nSPS) is 15.7. The molecule has 122 valence electrons. The van der Waals surface area contributed by atoms with Gasteiger partial charge in [0, 0.05) is 5.69 Å². The van der Waals surface area contributed by atoms with Crippen LogP contribution in [0, 0.1) is 0 Å². The largest absolute Gasteiger partial charge is 0.368 e. The minimum absolute atomic E-state index is 0.157. The number of benzene rings is 1. The third-order valence-corrected chi connectivity index (χ3v) is 4.08. The molecule has 6 heteroatoms. The molecule has 4 N–H and O–H groups in total. The molecule has 0 radical (unpaired) electrons. The Bertz CT molecular complexity index is 616. The van der Waals surface area contributed by atoms with Gasteiger partial charge < -0.3 is 16.4 Å². The Morgan fingerprint density at radius 1 is 1.17 bits per heavy atom. The molecule has 1 aliphatic carbocycles. The van der Waals surface area contributed by atoms with E-state index in [-0.39, 0.29) is 18.2 Å². The van der Waals surface area contributed by atoms with E-state index in [4.69, 9.17) is 5.73 Å². The average molecular weight is 315 g/mol. The van der Waals surface area contributed by atoms with Gasteiger partial charge in [-0.05, 0) is 36.6 Å². The number of carbonyl (C=O) groups is 3. The lowest BCUT2D eigenvalue weighted by Crippen LogP contribution is -2.56. The fourth-order valence-electron chi connectivity index (χ4n) is 2.81. The van der Waals surface area contributed by atoms with Gasteiger partial charge in [-0.1, -0.05) is 31.6 Å². The van der Waals surface area contributed by atoms with Crippen molar-refractivity contribution in [1.29, 1.82) is 0 Å². The Hall–Kier alpha value is -2.63. The molecule has 0 unspecified atom stereocenters. The number of hydrogen-bond donors (Lipinski definition) is 3. The van der Waals surface area contributed by atoms with Gasteiger partial charge in [0.15, 0.2) is 0 Å². The van der Waals surface area contributed by atoms with E-state index in [0.29, 0.717) is 18.5 Å². The number of nitrogens with two attached hydrogens (primary N) is 1. The SMILES string of the molecule is C=CC(=O)Nc1ccc(CC(=O)NC2(C(N)=O)CCCC2)cc1. The van der Waals surface area contributed by atoms with Crippen molar-refractivity contribution in [2.24, 2.45) is 5.73 Å². The van der Waals surface area contributed by atoms with E-state index in [2.05, 4.69) is 17.2 Å². The van der Waals surface area contributed by atoms with Crippen molar-refractivity contribution in [3.63, 3.8) is 0 Å². The van der Waals surface area contributed by atoms with E-state index >= 15 is 0 Å². The zero-order chi connectivity index (χ0) is 16.9. The van der Waals surface area contributed by atoms with Crippen LogP contribution in [0.1, 0.15) is 31.2 Å². The minimum Gasteiger partial charge on any atom is -0.368 e. The van der Waals surface area contributed by atoms with Gasteiger partial charge in [-0.3, -0.25) is 14.4 Å². The molecule has 0 atom stereocenters. The van der Waals surface area contributed by atoms with Gasteiger partial charge >= 0.3 is 0 Å². The Labute approximate surface area is 135 Å². The summed E-state index contributed by atoms with van der Waals surface area (Å²) in [7, 11) is 0. The summed E-state index contributed by atoms with van der Waals surface area (Å²) in [5.74, 6) is -0.987.